The third-order valence-corrected chi connectivity index (χ3v) is 5.57. The van der Waals surface area contributed by atoms with Crippen molar-refractivity contribution < 1.29 is 18.7 Å². The summed E-state index contributed by atoms with van der Waals surface area (Å²) in [7, 11) is 0. The Bertz CT molecular complexity index is 653. The molecule has 3 aliphatic rings. The summed E-state index contributed by atoms with van der Waals surface area (Å²) in [5, 5.41) is 0. The van der Waals surface area contributed by atoms with E-state index in [2.05, 4.69) is 4.90 Å². The normalized spacial score (nSPS) is 26.8. The zero-order valence-electron chi connectivity index (χ0n) is 14.6. The van der Waals surface area contributed by atoms with Gasteiger partial charge in [-0.05, 0) is 38.9 Å². The number of amides is 2. The van der Waals surface area contributed by atoms with Crippen LogP contribution in [-0.4, -0.2) is 78.1 Å². The molecular formula is C18H25N3O4. The Balaban J connectivity index is 1.38. The summed E-state index contributed by atoms with van der Waals surface area (Å²) in [5.74, 6) is 0.259. The molecule has 0 unspecified atom stereocenters. The molecule has 0 aliphatic carbocycles. The van der Waals surface area contributed by atoms with Crippen LogP contribution in [0, 0.1) is 6.92 Å². The summed E-state index contributed by atoms with van der Waals surface area (Å²) in [4.78, 5) is 30.8. The molecule has 3 aliphatic heterocycles. The Labute approximate surface area is 147 Å². The summed E-state index contributed by atoms with van der Waals surface area (Å²) in [6, 6.07) is 1.74. The van der Waals surface area contributed by atoms with Crippen LogP contribution in [0.4, 0.5) is 4.79 Å². The number of piperidine rings is 1. The van der Waals surface area contributed by atoms with Gasteiger partial charge in [-0.1, -0.05) is 6.42 Å². The van der Waals surface area contributed by atoms with Crippen LogP contribution in [0.3, 0.4) is 0 Å². The molecule has 3 saturated heterocycles. The van der Waals surface area contributed by atoms with Crippen molar-refractivity contribution in [3.8, 4) is 0 Å². The average molecular weight is 347 g/mol. The number of ether oxygens (including phenoxy) is 1. The van der Waals surface area contributed by atoms with Gasteiger partial charge in [0.2, 0.25) is 0 Å². The first kappa shape index (κ1) is 16.4. The van der Waals surface area contributed by atoms with Gasteiger partial charge in [-0.3, -0.25) is 9.69 Å². The molecule has 3 fully saturated rings. The van der Waals surface area contributed by atoms with Crippen LogP contribution in [0.25, 0.3) is 0 Å². The van der Waals surface area contributed by atoms with Gasteiger partial charge in [0, 0.05) is 25.2 Å². The lowest BCUT2D eigenvalue weighted by atomic mass is 10.1. The van der Waals surface area contributed by atoms with E-state index in [0.717, 1.165) is 25.2 Å². The van der Waals surface area contributed by atoms with Crippen LogP contribution in [0.2, 0.25) is 0 Å². The molecule has 4 rings (SSSR count). The first-order valence-electron chi connectivity index (χ1n) is 9.16. The monoisotopic (exact) mass is 347 g/mol. The molecule has 7 heteroatoms. The molecule has 0 saturated carbocycles. The summed E-state index contributed by atoms with van der Waals surface area (Å²) >= 11 is 0. The molecule has 0 N–H and O–H groups in total. The van der Waals surface area contributed by atoms with Crippen LogP contribution in [0.5, 0.6) is 0 Å². The Morgan fingerprint density at radius 2 is 2.00 bits per heavy atom. The van der Waals surface area contributed by atoms with Gasteiger partial charge in [0.1, 0.15) is 6.10 Å². The molecular weight excluding hydrogens is 322 g/mol. The fourth-order valence-corrected chi connectivity index (χ4v) is 4.09. The molecule has 2 amide bonds. The number of rotatable bonds is 4. The summed E-state index contributed by atoms with van der Waals surface area (Å²) in [6.45, 7) is 6.58. The zero-order valence-corrected chi connectivity index (χ0v) is 14.6. The van der Waals surface area contributed by atoms with E-state index in [9.17, 15) is 9.59 Å². The minimum atomic E-state index is -0.242. The molecule has 0 bridgehead atoms. The van der Waals surface area contributed by atoms with Gasteiger partial charge in [0.05, 0.1) is 18.8 Å². The van der Waals surface area contributed by atoms with E-state index in [-0.39, 0.29) is 24.1 Å². The second-order valence-electron chi connectivity index (χ2n) is 7.23. The number of carbonyl (C=O) groups excluding carboxylic acids is 2. The number of hydrogen-bond donors (Lipinski definition) is 0. The summed E-state index contributed by atoms with van der Waals surface area (Å²) in [6.07, 6.45) is 4.84. The molecule has 0 aromatic carbocycles. The highest BCUT2D eigenvalue weighted by Gasteiger charge is 2.49. The van der Waals surface area contributed by atoms with Crippen molar-refractivity contribution in [2.45, 2.75) is 38.3 Å². The molecule has 4 heterocycles. The maximum absolute atomic E-state index is 12.6. The van der Waals surface area contributed by atoms with Crippen LogP contribution >= 0.6 is 0 Å². The quantitative estimate of drug-likeness (QED) is 0.830. The first-order valence-corrected chi connectivity index (χ1v) is 9.16. The third-order valence-electron chi connectivity index (χ3n) is 5.57. The van der Waals surface area contributed by atoms with Gasteiger partial charge in [0.15, 0.2) is 5.76 Å². The van der Waals surface area contributed by atoms with Gasteiger partial charge in [-0.2, -0.15) is 0 Å². The van der Waals surface area contributed by atoms with E-state index >= 15 is 0 Å². The lowest BCUT2D eigenvalue weighted by Gasteiger charge is -2.29. The van der Waals surface area contributed by atoms with Crippen LogP contribution in [0.15, 0.2) is 16.7 Å². The van der Waals surface area contributed by atoms with Crippen LogP contribution in [-0.2, 0) is 4.74 Å². The predicted molar refractivity (Wildman–Crippen MR) is 90.4 cm³/mol. The SMILES string of the molecule is Cc1ccoc1C(=O)N1C[C@@H]2OC(=O)N(CCN3CCCCC3)[C@@H]2C1. The van der Waals surface area contributed by atoms with E-state index < -0.39 is 0 Å². The highest BCUT2D eigenvalue weighted by molar-refractivity contribution is 5.93. The summed E-state index contributed by atoms with van der Waals surface area (Å²) in [5.41, 5.74) is 0.834. The van der Waals surface area contributed by atoms with E-state index in [0.29, 0.717) is 25.4 Å². The number of hydrogen-bond acceptors (Lipinski definition) is 5. The molecule has 1 aromatic rings. The van der Waals surface area contributed by atoms with E-state index in [1.54, 1.807) is 11.0 Å². The van der Waals surface area contributed by atoms with Crippen molar-refractivity contribution in [2.75, 3.05) is 39.3 Å². The Kier molecular flexibility index (Phi) is 4.41. The van der Waals surface area contributed by atoms with Crippen molar-refractivity contribution in [2.24, 2.45) is 0 Å². The molecule has 0 spiro atoms. The van der Waals surface area contributed by atoms with Crippen molar-refractivity contribution in [3.63, 3.8) is 0 Å². The molecule has 25 heavy (non-hydrogen) atoms. The maximum atomic E-state index is 12.6. The second-order valence-corrected chi connectivity index (χ2v) is 7.23. The number of carbonyl (C=O) groups is 2. The smallest absolute Gasteiger partial charge is 0.410 e. The summed E-state index contributed by atoms with van der Waals surface area (Å²) < 4.78 is 10.8. The molecule has 0 radical (unpaired) electrons. The predicted octanol–water partition coefficient (Wildman–Crippen LogP) is 1.72. The molecule has 7 nitrogen and oxygen atoms in total. The van der Waals surface area contributed by atoms with Gasteiger partial charge in [0.25, 0.3) is 5.91 Å². The Hall–Kier alpha value is -2.02. The van der Waals surface area contributed by atoms with Gasteiger partial charge in [-0.25, -0.2) is 4.79 Å². The van der Waals surface area contributed by atoms with Crippen molar-refractivity contribution in [1.82, 2.24) is 14.7 Å². The largest absolute Gasteiger partial charge is 0.459 e. The number of nitrogens with zero attached hydrogens (tertiary/aromatic N) is 3. The van der Waals surface area contributed by atoms with Crippen LogP contribution < -0.4 is 0 Å². The minimum absolute atomic E-state index is 0.0449. The fraction of sp³-hybridized carbons (Fsp3) is 0.667. The molecule has 136 valence electrons. The number of aryl methyl sites for hydroxylation is 1. The number of likely N-dealkylation sites (tertiary alicyclic amines) is 2. The van der Waals surface area contributed by atoms with Crippen molar-refractivity contribution >= 4 is 12.0 Å². The van der Waals surface area contributed by atoms with Crippen LogP contribution in [0.1, 0.15) is 35.4 Å². The maximum Gasteiger partial charge on any atom is 0.410 e. The van der Waals surface area contributed by atoms with Crippen molar-refractivity contribution in [3.05, 3.63) is 23.7 Å². The van der Waals surface area contributed by atoms with E-state index in [4.69, 9.17) is 9.15 Å². The molecule has 1 aromatic heterocycles. The van der Waals surface area contributed by atoms with Gasteiger partial charge in [-0.15, -0.1) is 0 Å². The minimum Gasteiger partial charge on any atom is -0.459 e. The Morgan fingerprint density at radius 3 is 2.72 bits per heavy atom. The van der Waals surface area contributed by atoms with Crippen molar-refractivity contribution in [1.29, 1.82) is 0 Å². The number of fused-ring (bicyclic) bond motifs is 1. The van der Waals surface area contributed by atoms with E-state index in [1.807, 2.05) is 11.8 Å². The van der Waals surface area contributed by atoms with Gasteiger partial charge < -0.3 is 19.0 Å². The van der Waals surface area contributed by atoms with Gasteiger partial charge >= 0.3 is 6.09 Å². The standard InChI is InChI=1S/C18H25N3O4/c1-13-5-10-24-16(13)17(22)20-11-14-15(12-20)25-18(23)21(14)9-8-19-6-3-2-4-7-19/h5,10,14-15H,2-4,6-9,11-12H2,1H3/t14-,15+/m1/s1. The highest BCUT2D eigenvalue weighted by Crippen LogP contribution is 2.28. The van der Waals surface area contributed by atoms with E-state index in [1.165, 1.54) is 25.5 Å². The zero-order chi connectivity index (χ0) is 17.4. The fourth-order valence-electron chi connectivity index (χ4n) is 4.09. The topological polar surface area (TPSA) is 66.2 Å². The molecule has 2 atom stereocenters. The second kappa shape index (κ2) is 6.71. The average Bonchev–Trinajstić information content (AvgIpc) is 3.28. The first-order chi connectivity index (χ1) is 12.1. The lowest BCUT2D eigenvalue weighted by Crippen LogP contribution is -2.44. The Morgan fingerprint density at radius 1 is 1.20 bits per heavy atom. The highest BCUT2D eigenvalue weighted by atomic mass is 16.6. The third kappa shape index (κ3) is 3.13. The lowest BCUT2D eigenvalue weighted by molar-refractivity contribution is 0.0694. The number of furan rings is 1.